The molecule has 1 amide bonds. The summed E-state index contributed by atoms with van der Waals surface area (Å²) in [5.41, 5.74) is 1.72. The molecule has 0 aliphatic heterocycles. The second-order valence-corrected chi connectivity index (χ2v) is 9.60. The predicted octanol–water partition coefficient (Wildman–Crippen LogP) is 4.10. The minimum absolute atomic E-state index is 0.0662. The van der Waals surface area contributed by atoms with Gasteiger partial charge in [-0.3, -0.25) is 13.8 Å². The van der Waals surface area contributed by atoms with Crippen LogP contribution >= 0.6 is 0 Å². The van der Waals surface area contributed by atoms with Crippen LogP contribution in [-0.2, 0) is 23.1 Å². The molecule has 0 spiro atoms. The number of para-hydroxylation sites is 1. The van der Waals surface area contributed by atoms with Gasteiger partial charge in [0.05, 0.1) is 17.1 Å². The number of aromatic nitrogens is 2. The Kier molecular flexibility index (Phi) is 7.39. The second kappa shape index (κ2) is 10.8. The Morgan fingerprint density at radius 3 is 2.35 bits per heavy atom. The summed E-state index contributed by atoms with van der Waals surface area (Å²) < 4.78 is 30.5. The van der Waals surface area contributed by atoms with Crippen LogP contribution < -0.4 is 9.62 Å². The van der Waals surface area contributed by atoms with Gasteiger partial charge in [0.2, 0.25) is 0 Å². The van der Waals surface area contributed by atoms with E-state index in [1.54, 1.807) is 47.3 Å². The van der Waals surface area contributed by atoms with E-state index in [4.69, 9.17) is 0 Å². The van der Waals surface area contributed by atoms with Crippen LogP contribution in [0.5, 0.6) is 0 Å². The summed E-state index contributed by atoms with van der Waals surface area (Å²) in [7, 11) is -3.92. The number of hydrogen-bond donors (Lipinski definition) is 1. The van der Waals surface area contributed by atoms with E-state index in [1.807, 2.05) is 48.7 Å². The molecule has 0 fully saturated rings. The number of benzene rings is 3. The van der Waals surface area contributed by atoms with Crippen molar-refractivity contribution < 1.29 is 13.2 Å². The van der Waals surface area contributed by atoms with E-state index in [1.165, 1.54) is 16.4 Å². The summed E-state index contributed by atoms with van der Waals surface area (Å²) in [6.07, 6.45) is 4.29. The third-order valence-electron chi connectivity index (χ3n) is 5.31. The van der Waals surface area contributed by atoms with Crippen LogP contribution in [0.2, 0.25) is 0 Å². The molecule has 4 rings (SSSR count). The van der Waals surface area contributed by atoms with E-state index < -0.39 is 10.0 Å². The predicted molar refractivity (Wildman–Crippen MR) is 132 cm³/mol. The monoisotopic (exact) mass is 474 g/mol. The first-order chi connectivity index (χ1) is 16.5. The van der Waals surface area contributed by atoms with Crippen molar-refractivity contribution in [3.8, 4) is 0 Å². The highest BCUT2D eigenvalue weighted by molar-refractivity contribution is 7.92. The molecule has 1 heterocycles. The summed E-state index contributed by atoms with van der Waals surface area (Å²) >= 11 is 0. The number of rotatable bonds is 10. The Morgan fingerprint density at radius 1 is 0.912 bits per heavy atom. The average molecular weight is 475 g/mol. The maximum absolute atomic E-state index is 13.7. The van der Waals surface area contributed by atoms with Crippen molar-refractivity contribution in [2.75, 3.05) is 10.8 Å². The van der Waals surface area contributed by atoms with Crippen molar-refractivity contribution >= 4 is 21.6 Å². The molecule has 3 aromatic carbocycles. The zero-order valence-electron chi connectivity index (χ0n) is 18.6. The minimum Gasteiger partial charge on any atom is -0.352 e. The molecule has 8 heteroatoms. The number of sulfonamides is 1. The first-order valence-corrected chi connectivity index (χ1v) is 12.5. The standard InChI is InChI=1S/C26H26N4O3S/c31-26(27-16-8-18-29-19-9-17-28-29)23-12-7-15-25(20-23)34(32,33)30(24-13-5-2-6-14-24)21-22-10-3-1-4-11-22/h1-7,9-15,17,19-20H,8,16,18,21H2,(H,27,31). The third-order valence-corrected chi connectivity index (χ3v) is 7.08. The molecule has 0 saturated heterocycles. The van der Waals surface area contributed by atoms with Gasteiger partial charge in [-0.25, -0.2) is 8.42 Å². The molecule has 0 bridgehead atoms. The van der Waals surface area contributed by atoms with Gasteiger partial charge in [0.15, 0.2) is 0 Å². The highest BCUT2D eigenvalue weighted by atomic mass is 32.2. The number of hydrogen-bond acceptors (Lipinski definition) is 4. The largest absolute Gasteiger partial charge is 0.352 e. The fourth-order valence-electron chi connectivity index (χ4n) is 3.56. The van der Waals surface area contributed by atoms with Gasteiger partial charge in [0, 0.05) is 31.0 Å². The fraction of sp³-hybridized carbons (Fsp3) is 0.154. The Bertz CT molecular complexity index is 1310. The molecule has 0 atom stereocenters. The highest BCUT2D eigenvalue weighted by Gasteiger charge is 2.26. The van der Waals surface area contributed by atoms with Gasteiger partial charge in [-0.1, -0.05) is 54.6 Å². The summed E-state index contributed by atoms with van der Waals surface area (Å²) in [4.78, 5) is 12.7. The lowest BCUT2D eigenvalue weighted by molar-refractivity contribution is 0.0952. The Labute approximate surface area is 199 Å². The normalized spacial score (nSPS) is 11.2. The van der Waals surface area contributed by atoms with E-state index in [2.05, 4.69) is 10.4 Å². The molecule has 34 heavy (non-hydrogen) atoms. The molecular weight excluding hydrogens is 448 g/mol. The zero-order valence-corrected chi connectivity index (χ0v) is 19.4. The Balaban J connectivity index is 1.52. The smallest absolute Gasteiger partial charge is 0.264 e. The molecule has 1 aromatic heterocycles. The zero-order chi connectivity index (χ0) is 23.8. The molecule has 0 unspecified atom stereocenters. The van der Waals surface area contributed by atoms with Crippen LogP contribution in [0.15, 0.2) is 108 Å². The van der Waals surface area contributed by atoms with Crippen LogP contribution in [0.3, 0.4) is 0 Å². The third kappa shape index (κ3) is 5.71. The van der Waals surface area contributed by atoms with Gasteiger partial charge in [0.25, 0.3) is 15.9 Å². The fourth-order valence-corrected chi connectivity index (χ4v) is 5.06. The van der Waals surface area contributed by atoms with Crippen LogP contribution in [0.4, 0.5) is 5.69 Å². The SMILES string of the molecule is O=C(NCCCn1cccn1)c1cccc(S(=O)(=O)N(Cc2ccccc2)c2ccccc2)c1. The highest BCUT2D eigenvalue weighted by Crippen LogP contribution is 2.26. The van der Waals surface area contributed by atoms with Crippen LogP contribution in [0.1, 0.15) is 22.3 Å². The number of carbonyl (C=O) groups is 1. The lowest BCUT2D eigenvalue weighted by Crippen LogP contribution is -2.31. The molecule has 4 aromatic rings. The minimum atomic E-state index is -3.92. The maximum Gasteiger partial charge on any atom is 0.264 e. The Morgan fingerprint density at radius 2 is 1.65 bits per heavy atom. The summed E-state index contributed by atoms with van der Waals surface area (Å²) in [5, 5.41) is 6.99. The molecule has 0 saturated carbocycles. The topological polar surface area (TPSA) is 84.3 Å². The van der Waals surface area contributed by atoms with Crippen LogP contribution in [0, 0.1) is 0 Å². The Hall–Kier alpha value is -3.91. The molecule has 0 radical (unpaired) electrons. The maximum atomic E-state index is 13.7. The number of nitrogens with zero attached hydrogens (tertiary/aromatic N) is 3. The van der Waals surface area contributed by atoms with Crippen LogP contribution in [-0.4, -0.2) is 30.7 Å². The molecule has 1 N–H and O–H groups in total. The van der Waals surface area contributed by atoms with Gasteiger partial charge in [-0.05, 0) is 48.4 Å². The average Bonchev–Trinajstić information content (AvgIpc) is 3.40. The van der Waals surface area contributed by atoms with Crippen molar-refractivity contribution in [3.63, 3.8) is 0 Å². The van der Waals surface area contributed by atoms with Crippen molar-refractivity contribution in [1.29, 1.82) is 0 Å². The van der Waals surface area contributed by atoms with E-state index in [-0.39, 0.29) is 17.3 Å². The number of amides is 1. The van der Waals surface area contributed by atoms with E-state index in [0.717, 1.165) is 5.56 Å². The van der Waals surface area contributed by atoms with Crippen molar-refractivity contribution in [3.05, 3.63) is 115 Å². The lowest BCUT2D eigenvalue weighted by atomic mass is 10.2. The van der Waals surface area contributed by atoms with Gasteiger partial charge >= 0.3 is 0 Å². The lowest BCUT2D eigenvalue weighted by Gasteiger charge is -2.25. The first-order valence-electron chi connectivity index (χ1n) is 11.0. The number of carbonyl (C=O) groups excluding carboxylic acids is 1. The van der Waals surface area contributed by atoms with Gasteiger partial charge in [0.1, 0.15) is 0 Å². The van der Waals surface area contributed by atoms with Crippen molar-refractivity contribution in [2.45, 2.75) is 24.4 Å². The number of anilines is 1. The van der Waals surface area contributed by atoms with E-state index in [9.17, 15) is 13.2 Å². The van der Waals surface area contributed by atoms with E-state index in [0.29, 0.717) is 30.8 Å². The van der Waals surface area contributed by atoms with Gasteiger partial charge in [-0.15, -0.1) is 0 Å². The molecule has 0 aliphatic carbocycles. The van der Waals surface area contributed by atoms with Crippen molar-refractivity contribution in [2.24, 2.45) is 0 Å². The molecule has 7 nitrogen and oxygen atoms in total. The summed E-state index contributed by atoms with van der Waals surface area (Å²) in [6.45, 7) is 1.32. The van der Waals surface area contributed by atoms with Crippen LogP contribution in [0.25, 0.3) is 0 Å². The van der Waals surface area contributed by atoms with Crippen molar-refractivity contribution in [1.82, 2.24) is 15.1 Å². The number of aryl methyl sites for hydroxylation is 1. The summed E-state index contributed by atoms with van der Waals surface area (Å²) in [5.74, 6) is -0.313. The molecule has 174 valence electrons. The van der Waals surface area contributed by atoms with Gasteiger partial charge < -0.3 is 5.32 Å². The number of nitrogens with one attached hydrogen (secondary N) is 1. The van der Waals surface area contributed by atoms with Gasteiger partial charge in [-0.2, -0.15) is 5.10 Å². The quantitative estimate of drug-likeness (QED) is 0.351. The molecule has 0 aliphatic rings. The summed E-state index contributed by atoms with van der Waals surface area (Å²) in [6, 6.07) is 26.4. The molecular formula is C26H26N4O3S. The van der Waals surface area contributed by atoms with E-state index >= 15 is 0 Å². The second-order valence-electron chi connectivity index (χ2n) is 7.74. The first kappa shape index (κ1) is 23.3.